The van der Waals surface area contributed by atoms with Crippen molar-refractivity contribution in [1.29, 1.82) is 0 Å². The summed E-state index contributed by atoms with van der Waals surface area (Å²) in [5.41, 5.74) is 1.22. The maximum absolute atomic E-state index is 5.25. The van der Waals surface area contributed by atoms with Gasteiger partial charge in [-0.25, -0.2) is 4.98 Å². The lowest BCUT2D eigenvalue weighted by atomic mass is 10.2. The molecule has 1 unspecified atom stereocenters. The van der Waals surface area contributed by atoms with E-state index in [1.54, 1.807) is 0 Å². The van der Waals surface area contributed by atoms with Crippen LogP contribution in [-0.4, -0.2) is 15.6 Å². The highest BCUT2D eigenvalue weighted by atomic mass is 15.1. The van der Waals surface area contributed by atoms with Crippen LogP contribution < -0.4 is 5.32 Å². The van der Waals surface area contributed by atoms with E-state index in [1.165, 1.54) is 5.69 Å². The minimum atomic E-state index is 0.361. The highest BCUT2D eigenvalue weighted by Gasteiger charge is 2.03. The Balaban J connectivity index is 2.43. The van der Waals surface area contributed by atoms with Gasteiger partial charge in [0, 0.05) is 31.7 Å². The first-order chi connectivity index (χ1) is 7.27. The number of terminal acetylenes is 1. The molecule has 0 saturated heterocycles. The van der Waals surface area contributed by atoms with Gasteiger partial charge in [0.1, 0.15) is 0 Å². The van der Waals surface area contributed by atoms with Crippen molar-refractivity contribution in [3.05, 3.63) is 18.2 Å². The summed E-state index contributed by atoms with van der Waals surface area (Å²) >= 11 is 0. The van der Waals surface area contributed by atoms with Crippen molar-refractivity contribution in [2.75, 3.05) is 0 Å². The molecule has 3 nitrogen and oxygen atoms in total. The first-order valence-electron chi connectivity index (χ1n) is 5.43. The maximum Gasteiger partial charge on any atom is 0.0948 e. The molecule has 1 heterocycles. The van der Waals surface area contributed by atoms with Gasteiger partial charge in [0.25, 0.3) is 0 Å². The molecule has 0 saturated carbocycles. The van der Waals surface area contributed by atoms with Gasteiger partial charge in [-0.1, -0.05) is 6.92 Å². The molecule has 3 heteroatoms. The minimum Gasteiger partial charge on any atom is -0.333 e. The second kappa shape index (κ2) is 6.26. The highest BCUT2D eigenvalue weighted by molar-refractivity contribution is 4.98. The summed E-state index contributed by atoms with van der Waals surface area (Å²) in [6.45, 7) is 6.13. The van der Waals surface area contributed by atoms with E-state index in [1.807, 2.05) is 12.5 Å². The third-order valence-electron chi connectivity index (χ3n) is 2.32. The zero-order valence-electron chi connectivity index (χ0n) is 9.53. The Kier molecular flexibility index (Phi) is 4.92. The summed E-state index contributed by atoms with van der Waals surface area (Å²) in [6, 6.07) is 0.361. The first-order valence-corrected chi connectivity index (χ1v) is 5.43. The number of aromatic nitrogens is 2. The average Bonchev–Trinajstić information content (AvgIpc) is 2.64. The third-order valence-corrected chi connectivity index (χ3v) is 2.32. The molecule has 0 aliphatic rings. The lowest BCUT2D eigenvalue weighted by Crippen LogP contribution is -2.26. The van der Waals surface area contributed by atoms with Crippen molar-refractivity contribution in [2.24, 2.45) is 0 Å². The van der Waals surface area contributed by atoms with Crippen LogP contribution in [0.2, 0.25) is 0 Å². The van der Waals surface area contributed by atoms with Gasteiger partial charge in [-0.05, 0) is 13.3 Å². The molecular weight excluding hydrogens is 186 g/mol. The summed E-state index contributed by atoms with van der Waals surface area (Å²) in [5.74, 6) is 2.65. The van der Waals surface area contributed by atoms with Crippen molar-refractivity contribution in [3.8, 4) is 12.3 Å². The normalized spacial score (nSPS) is 12.3. The second-order valence-corrected chi connectivity index (χ2v) is 3.77. The number of hydrogen-bond donors (Lipinski definition) is 1. The molecule has 0 radical (unpaired) electrons. The number of rotatable bonds is 6. The minimum absolute atomic E-state index is 0.361. The number of imidazole rings is 1. The van der Waals surface area contributed by atoms with Gasteiger partial charge in [-0.15, -0.1) is 12.3 Å². The monoisotopic (exact) mass is 205 g/mol. The molecule has 1 rings (SSSR count). The fraction of sp³-hybridized carbons (Fsp3) is 0.583. The Morgan fingerprint density at radius 1 is 1.67 bits per heavy atom. The number of hydrogen-bond acceptors (Lipinski definition) is 2. The Morgan fingerprint density at radius 2 is 2.47 bits per heavy atom. The summed E-state index contributed by atoms with van der Waals surface area (Å²) in [5, 5.41) is 3.38. The molecule has 0 aliphatic carbocycles. The maximum atomic E-state index is 5.25. The van der Waals surface area contributed by atoms with Crippen molar-refractivity contribution < 1.29 is 0 Å². The van der Waals surface area contributed by atoms with Crippen molar-refractivity contribution in [1.82, 2.24) is 14.9 Å². The lowest BCUT2D eigenvalue weighted by molar-refractivity contribution is 0.532. The van der Waals surface area contributed by atoms with E-state index >= 15 is 0 Å². The van der Waals surface area contributed by atoms with Crippen LogP contribution in [0, 0.1) is 12.3 Å². The van der Waals surface area contributed by atoms with E-state index in [-0.39, 0.29) is 0 Å². The Morgan fingerprint density at radius 3 is 3.13 bits per heavy atom. The van der Waals surface area contributed by atoms with E-state index in [0.29, 0.717) is 6.04 Å². The standard InChI is InChI=1S/C12H19N3/c1-4-6-11(3)14-9-12-8-13-10-15(12)7-5-2/h1,8,10-11,14H,5-7,9H2,2-3H3. The van der Waals surface area contributed by atoms with Crippen LogP contribution in [0.1, 0.15) is 32.4 Å². The van der Waals surface area contributed by atoms with Crippen molar-refractivity contribution >= 4 is 0 Å². The van der Waals surface area contributed by atoms with E-state index in [4.69, 9.17) is 6.42 Å². The van der Waals surface area contributed by atoms with Crippen molar-refractivity contribution in [3.63, 3.8) is 0 Å². The second-order valence-electron chi connectivity index (χ2n) is 3.77. The third kappa shape index (κ3) is 3.77. The summed E-state index contributed by atoms with van der Waals surface area (Å²) in [6.07, 6.45) is 10.9. The highest BCUT2D eigenvalue weighted by Crippen LogP contribution is 2.01. The molecule has 0 aromatic carbocycles. The van der Waals surface area contributed by atoms with Crippen LogP contribution in [0.3, 0.4) is 0 Å². The fourth-order valence-corrected chi connectivity index (χ4v) is 1.47. The van der Waals surface area contributed by atoms with Gasteiger partial charge < -0.3 is 9.88 Å². The Hall–Kier alpha value is -1.27. The molecule has 1 atom stereocenters. The first kappa shape index (κ1) is 11.8. The van der Waals surface area contributed by atoms with Gasteiger partial charge in [-0.3, -0.25) is 0 Å². The van der Waals surface area contributed by atoms with E-state index in [9.17, 15) is 0 Å². The smallest absolute Gasteiger partial charge is 0.0948 e. The SMILES string of the molecule is C#CCC(C)NCc1cncn1CCC. The number of aryl methyl sites for hydroxylation is 1. The zero-order valence-corrected chi connectivity index (χ0v) is 9.53. The predicted molar refractivity (Wildman–Crippen MR) is 62.3 cm³/mol. The van der Waals surface area contributed by atoms with Gasteiger partial charge in [-0.2, -0.15) is 0 Å². The molecule has 1 aromatic rings. The van der Waals surface area contributed by atoms with Crippen LogP contribution in [0.4, 0.5) is 0 Å². The van der Waals surface area contributed by atoms with Crippen LogP contribution in [0.15, 0.2) is 12.5 Å². The molecule has 0 fully saturated rings. The Labute approximate surface area is 91.9 Å². The van der Waals surface area contributed by atoms with Gasteiger partial charge in [0.05, 0.1) is 12.0 Å². The van der Waals surface area contributed by atoms with Crippen molar-refractivity contribution in [2.45, 2.75) is 45.8 Å². The largest absolute Gasteiger partial charge is 0.333 e. The lowest BCUT2D eigenvalue weighted by Gasteiger charge is -2.12. The topological polar surface area (TPSA) is 29.9 Å². The molecule has 82 valence electrons. The van der Waals surface area contributed by atoms with Crippen LogP contribution in [0.5, 0.6) is 0 Å². The van der Waals surface area contributed by atoms with Crippen LogP contribution in [0.25, 0.3) is 0 Å². The van der Waals surface area contributed by atoms with E-state index < -0.39 is 0 Å². The number of nitrogens with zero attached hydrogens (tertiary/aromatic N) is 2. The molecular formula is C12H19N3. The van der Waals surface area contributed by atoms with Gasteiger partial charge in [0.2, 0.25) is 0 Å². The quantitative estimate of drug-likeness (QED) is 0.718. The van der Waals surface area contributed by atoms with Crippen LogP contribution in [-0.2, 0) is 13.1 Å². The average molecular weight is 205 g/mol. The van der Waals surface area contributed by atoms with Gasteiger partial charge in [0.15, 0.2) is 0 Å². The summed E-state index contributed by atoms with van der Waals surface area (Å²) in [4.78, 5) is 4.15. The predicted octanol–water partition coefficient (Wildman–Crippen LogP) is 1.79. The van der Waals surface area contributed by atoms with E-state index in [2.05, 4.69) is 34.6 Å². The number of nitrogens with one attached hydrogen (secondary N) is 1. The summed E-state index contributed by atoms with van der Waals surface area (Å²) < 4.78 is 2.18. The molecule has 0 amide bonds. The molecule has 0 spiro atoms. The molecule has 0 aliphatic heterocycles. The fourth-order valence-electron chi connectivity index (χ4n) is 1.47. The van der Waals surface area contributed by atoms with E-state index in [0.717, 1.165) is 25.9 Å². The summed E-state index contributed by atoms with van der Waals surface area (Å²) in [7, 11) is 0. The van der Waals surface area contributed by atoms with Gasteiger partial charge >= 0.3 is 0 Å². The molecule has 1 N–H and O–H groups in total. The molecule has 0 bridgehead atoms. The van der Waals surface area contributed by atoms with Crippen LogP contribution >= 0.6 is 0 Å². The Bertz CT molecular complexity index is 322. The molecule has 1 aromatic heterocycles. The zero-order chi connectivity index (χ0) is 11.1. The molecule has 15 heavy (non-hydrogen) atoms.